The second-order valence-corrected chi connectivity index (χ2v) is 2.77. The van der Waals surface area contributed by atoms with Gasteiger partial charge >= 0.3 is 6.09 Å². The van der Waals surface area contributed by atoms with Crippen molar-refractivity contribution >= 4 is 12.4 Å². The van der Waals surface area contributed by atoms with E-state index in [9.17, 15) is 9.59 Å². The summed E-state index contributed by atoms with van der Waals surface area (Å²) < 4.78 is 4.83. The molecule has 0 fully saturated rings. The van der Waals surface area contributed by atoms with Gasteiger partial charge in [0.05, 0.1) is 6.61 Å². The molecule has 0 saturated carbocycles. The first kappa shape index (κ1) is 11.2. The molecular weight excluding hydrogens is 198 g/mol. The minimum absolute atomic E-state index is 0.373. The molecule has 5 nitrogen and oxygen atoms in total. The summed E-state index contributed by atoms with van der Waals surface area (Å²) in [5.41, 5.74) is 0. The molecule has 0 heterocycles. The normalized spacial score (nSPS) is 11.5. The topological polar surface area (TPSA) is 75.6 Å². The molecule has 0 bridgehead atoms. The number of amides is 1. The highest BCUT2D eigenvalue weighted by Crippen LogP contribution is 2.07. The van der Waals surface area contributed by atoms with E-state index in [4.69, 9.17) is 9.84 Å². The molecule has 5 heteroatoms. The van der Waals surface area contributed by atoms with Crippen molar-refractivity contribution in [3.63, 3.8) is 0 Å². The van der Waals surface area contributed by atoms with Gasteiger partial charge in [-0.15, -0.1) is 0 Å². The SMILES string of the molecule is O=C[C@@H](CO)NC(=O)Oc1ccccc1. The van der Waals surface area contributed by atoms with Crippen LogP contribution in [-0.2, 0) is 4.79 Å². The molecular formula is C10H11NO4. The monoisotopic (exact) mass is 209 g/mol. The van der Waals surface area contributed by atoms with Crippen LogP contribution in [0.3, 0.4) is 0 Å². The van der Waals surface area contributed by atoms with E-state index in [1.807, 2.05) is 0 Å². The van der Waals surface area contributed by atoms with Crippen molar-refractivity contribution in [2.75, 3.05) is 6.61 Å². The van der Waals surface area contributed by atoms with Crippen molar-refractivity contribution in [3.05, 3.63) is 30.3 Å². The molecule has 0 aliphatic carbocycles. The molecule has 1 aromatic rings. The first-order valence-corrected chi connectivity index (χ1v) is 4.36. The lowest BCUT2D eigenvalue weighted by molar-refractivity contribution is -0.110. The Bertz CT molecular complexity index is 325. The van der Waals surface area contributed by atoms with Gasteiger partial charge in [-0.3, -0.25) is 0 Å². The third kappa shape index (κ3) is 3.78. The Labute approximate surface area is 86.7 Å². The highest BCUT2D eigenvalue weighted by molar-refractivity contribution is 5.75. The van der Waals surface area contributed by atoms with Crippen molar-refractivity contribution in [2.24, 2.45) is 0 Å². The maximum atomic E-state index is 11.1. The Balaban J connectivity index is 2.46. The number of aldehydes is 1. The first-order chi connectivity index (χ1) is 7.26. The number of hydrogen-bond donors (Lipinski definition) is 2. The highest BCUT2D eigenvalue weighted by atomic mass is 16.6. The predicted molar refractivity (Wildman–Crippen MR) is 52.5 cm³/mol. The first-order valence-electron chi connectivity index (χ1n) is 4.36. The predicted octanol–water partition coefficient (Wildman–Crippen LogP) is 0.335. The summed E-state index contributed by atoms with van der Waals surface area (Å²) in [7, 11) is 0. The minimum Gasteiger partial charge on any atom is -0.410 e. The lowest BCUT2D eigenvalue weighted by atomic mass is 10.3. The fourth-order valence-electron chi connectivity index (χ4n) is 0.899. The minimum atomic E-state index is -0.929. The molecule has 0 saturated heterocycles. The van der Waals surface area contributed by atoms with Crippen LogP contribution >= 0.6 is 0 Å². The summed E-state index contributed by atoms with van der Waals surface area (Å²) in [5.74, 6) is 0.373. The van der Waals surface area contributed by atoms with Gasteiger partial charge in [-0.2, -0.15) is 0 Å². The van der Waals surface area contributed by atoms with Gasteiger partial charge in [0, 0.05) is 0 Å². The van der Waals surface area contributed by atoms with E-state index in [0.29, 0.717) is 12.0 Å². The second kappa shape index (κ2) is 5.77. The van der Waals surface area contributed by atoms with Crippen LogP contribution < -0.4 is 10.1 Å². The Kier molecular flexibility index (Phi) is 4.30. The van der Waals surface area contributed by atoms with Crippen molar-refractivity contribution in [1.29, 1.82) is 0 Å². The average molecular weight is 209 g/mol. The van der Waals surface area contributed by atoms with Gasteiger partial charge in [-0.05, 0) is 12.1 Å². The highest BCUT2D eigenvalue weighted by Gasteiger charge is 2.10. The van der Waals surface area contributed by atoms with Crippen LogP contribution in [0.5, 0.6) is 5.75 Å². The van der Waals surface area contributed by atoms with Gasteiger partial charge in [-0.25, -0.2) is 4.79 Å². The lowest BCUT2D eigenvalue weighted by Crippen LogP contribution is -2.40. The van der Waals surface area contributed by atoms with Gasteiger partial charge in [0.15, 0.2) is 0 Å². The number of nitrogens with one attached hydrogen (secondary N) is 1. The zero-order valence-corrected chi connectivity index (χ0v) is 7.92. The quantitative estimate of drug-likeness (QED) is 0.701. The van der Waals surface area contributed by atoms with Crippen molar-refractivity contribution in [1.82, 2.24) is 5.32 Å². The summed E-state index contributed by atoms with van der Waals surface area (Å²) in [6, 6.07) is 7.49. The number of carbonyl (C=O) groups is 2. The third-order valence-corrected chi connectivity index (χ3v) is 1.62. The average Bonchev–Trinajstić information content (AvgIpc) is 2.27. The summed E-state index contributed by atoms with van der Waals surface area (Å²) in [5, 5.41) is 10.8. The van der Waals surface area contributed by atoms with Crippen LogP contribution in [0.4, 0.5) is 4.79 Å². The van der Waals surface area contributed by atoms with Gasteiger partial charge < -0.3 is 20.0 Å². The largest absolute Gasteiger partial charge is 0.413 e. The van der Waals surface area contributed by atoms with Crippen LogP contribution in [0, 0.1) is 0 Å². The fourth-order valence-corrected chi connectivity index (χ4v) is 0.899. The molecule has 0 radical (unpaired) electrons. The summed E-state index contributed by atoms with van der Waals surface area (Å²) in [6.07, 6.45) is -0.334. The Morgan fingerprint density at radius 1 is 1.47 bits per heavy atom. The number of rotatable bonds is 4. The standard InChI is InChI=1S/C10H11NO4/c12-6-8(7-13)11-10(14)15-9-4-2-1-3-5-9/h1-6,8,13H,7H2,(H,11,14)/t8-/m0/s1. The van der Waals surface area contributed by atoms with Crippen LogP contribution in [-0.4, -0.2) is 30.1 Å². The number of benzene rings is 1. The fraction of sp³-hybridized carbons (Fsp3) is 0.200. The molecule has 0 spiro atoms. The molecule has 1 rings (SSSR count). The molecule has 0 aromatic heterocycles. The number of aliphatic hydroxyl groups is 1. The maximum Gasteiger partial charge on any atom is 0.413 e. The Morgan fingerprint density at radius 3 is 2.67 bits per heavy atom. The summed E-state index contributed by atoms with van der Waals surface area (Å²) in [6.45, 7) is -0.451. The van der Waals surface area contributed by atoms with Crippen LogP contribution in [0.1, 0.15) is 0 Å². The van der Waals surface area contributed by atoms with E-state index in [-0.39, 0.29) is 0 Å². The third-order valence-electron chi connectivity index (χ3n) is 1.62. The van der Waals surface area contributed by atoms with Crippen molar-refractivity contribution in [2.45, 2.75) is 6.04 Å². The molecule has 80 valence electrons. The van der Waals surface area contributed by atoms with Crippen LogP contribution in [0.15, 0.2) is 30.3 Å². The lowest BCUT2D eigenvalue weighted by Gasteiger charge is -2.09. The molecule has 1 atom stereocenters. The molecule has 2 N–H and O–H groups in total. The zero-order chi connectivity index (χ0) is 11.1. The Hall–Kier alpha value is -1.88. The summed E-state index contributed by atoms with van der Waals surface area (Å²) in [4.78, 5) is 21.4. The van der Waals surface area contributed by atoms with Gasteiger partial charge in [0.1, 0.15) is 18.1 Å². The molecule has 0 aliphatic rings. The number of hydrogen-bond acceptors (Lipinski definition) is 4. The summed E-state index contributed by atoms with van der Waals surface area (Å²) >= 11 is 0. The van der Waals surface area contributed by atoms with E-state index in [1.54, 1.807) is 30.3 Å². The maximum absolute atomic E-state index is 11.1. The molecule has 1 aromatic carbocycles. The zero-order valence-electron chi connectivity index (χ0n) is 7.92. The molecule has 0 aliphatic heterocycles. The van der Waals surface area contributed by atoms with E-state index < -0.39 is 18.7 Å². The van der Waals surface area contributed by atoms with E-state index in [1.165, 1.54) is 0 Å². The van der Waals surface area contributed by atoms with E-state index in [2.05, 4.69) is 5.32 Å². The van der Waals surface area contributed by atoms with E-state index >= 15 is 0 Å². The molecule has 0 unspecified atom stereocenters. The number of carbonyl (C=O) groups excluding carboxylic acids is 2. The molecule has 1 amide bonds. The van der Waals surface area contributed by atoms with Gasteiger partial charge in [0.2, 0.25) is 0 Å². The Morgan fingerprint density at radius 2 is 2.13 bits per heavy atom. The van der Waals surface area contributed by atoms with Gasteiger partial charge in [0.25, 0.3) is 0 Å². The second-order valence-electron chi connectivity index (χ2n) is 2.77. The van der Waals surface area contributed by atoms with Crippen LogP contribution in [0.25, 0.3) is 0 Å². The van der Waals surface area contributed by atoms with Crippen LogP contribution in [0.2, 0.25) is 0 Å². The number of aliphatic hydroxyl groups excluding tert-OH is 1. The van der Waals surface area contributed by atoms with Crippen molar-refractivity contribution in [3.8, 4) is 5.75 Å². The number of ether oxygens (including phenoxy) is 1. The molecule has 15 heavy (non-hydrogen) atoms. The van der Waals surface area contributed by atoms with Gasteiger partial charge in [-0.1, -0.05) is 18.2 Å². The van der Waals surface area contributed by atoms with E-state index in [0.717, 1.165) is 0 Å². The smallest absolute Gasteiger partial charge is 0.410 e. The number of para-hydroxylation sites is 1. The van der Waals surface area contributed by atoms with Crippen molar-refractivity contribution < 1.29 is 19.4 Å².